The highest BCUT2D eigenvalue weighted by Crippen LogP contribution is 2.16. The van der Waals surface area contributed by atoms with Crippen LogP contribution in [0.15, 0.2) is 24.3 Å². The molecule has 1 amide bonds. The van der Waals surface area contributed by atoms with E-state index >= 15 is 0 Å². The minimum Gasteiger partial charge on any atom is -0.395 e. The van der Waals surface area contributed by atoms with Crippen LogP contribution in [-0.4, -0.2) is 30.3 Å². The molecule has 1 unspecified atom stereocenters. The standard InChI is InChI=1S/C17H23NO3/c1-13(18-16(20)17(2,3)21-4)15-10-8-14(9-11-15)7-5-6-12-19/h8-11,13,19H,6,12H2,1-4H3,(H,18,20). The van der Waals surface area contributed by atoms with Gasteiger partial charge in [0.15, 0.2) is 0 Å². The summed E-state index contributed by atoms with van der Waals surface area (Å²) in [6, 6.07) is 7.58. The summed E-state index contributed by atoms with van der Waals surface area (Å²) in [5.41, 5.74) is 1.05. The number of ether oxygens (including phenoxy) is 1. The molecule has 1 aromatic carbocycles. The van der Waals surface area contributed by atoms with Crippen molar-refractivity contribution in [3.8, 4) is 11.8 Å². The van der Waals surface area contributed by atoms with Crippen LogP contribution < -0.4 is 5.32 Å². The van der Waals surface area contributed by atoms with Gasteiger partial charge in [-0.05, 0) is 38.5 Å². The van der Waals surface area contributed by atoms with Crippen LogP contribution in [0.2, 0.25) is 0 Å². The zero-order valence-electron chi connectivity index (χ0n) is 13.1. The third-order valence-electron chi connectivity index (χ3n) is 3.28. The van der Waals surface area contributed by atoms with E-state index in [1.165, 1.54) is 7.11 Å². The molecule has 0 bridgehead atoms. The van der Waals surface area contributed by atoms with Gasteiger partial charge in [-0.15, -0.1) is 0 Å². The Labute approximate surface area is 126 Å². The second-order valence-corrected chi connectivity index (χ2v) is 5.31. The van der Waals surface area contributed by atoms with Gasteiger partial charge in [-0.3, -0.25) is 4.79 Å². The summed E-state index contributed by atoms with van der Waals surface area (Å²) in [7, 11) is 1.52. The molecule has 1 atom stereocenters. The van der Waals surface area contributed by atoms with Gasteiger partial charge in [0.2, 0.25) is 0 Å². The topological polar surface area (TPSA) is 58.6 Å². The predicted octanol–water partition coefficient (Wildman–Crippen LogP) is 2.02. The van der Waals surface area contributed by atoms with Crippen molar-refractivity contribution in [3.05, 3.63) is 35.4 Å². The number of rotatable bonds is 5. The molecule has 0 saturated heterocycles. The molecule has 0 aromatic heterocycles. The van der Waals surface area contributed by atoms with Crippen LogP contribution in [-0.2, 0) is 9.53 Å². The van der Waals surface area contributed by atoms with Crippen LogP contribution >= 0.6 is 0 Å². The first-order valence-corrected chi connectivity index (χ1v) is 6.96. The van der Waals surface area contributed by atoms with E-state index in [0.29, 0.717) is 6.42 Å². The van der Waals surface area contributed by atoms with E-state index in [9.17, 15) is 4.79 Å². The largest absolute Gasteiger partial charge is 0.395 e. The molecule has 0 saturated carbocycles. The van der Waals surface area contributed by atoms with E-state index in [0.717, 1.165) is 11.1 Å². The molecule has 1 rings (SSSR count). The Balaban J connectivity index is 2.70. The highest BCUT2D eigenvalue weighted by atomic mass is 16.5. The summed E-state index contributed by atoms with van der Waals surface area (Å²) in [5, 5.41) is 11.6. The lowest BCUT2D eigenvalue weighted by atomic mass is 10.0. The minimum absolute atomic E-state index is 0.0729. The van der Waals surface area contributed by atoms with E-state index in [-0.39, 0.29) is 18.6 Å². The van der Waals surface area contributed by atoms with Gasteiger partial charge >= 0.3 is 0 Å². The predicted molar refractivity (Wildman–Crippen MR) is 82.7 cm³/mol. The monoisotopic (exact) mass is 289 g/mol. The quantitative estimate of drug-likeness (QED) is 0.815. The van der Waals surface area contributed by atoms with Crippen LogP contribution in [0.25, 0.3) is 0 Å². The van der Waals surface area contributed by atoms with Crippen LogP contribution in [0, 0.1) is 11.8 Å². The second kappa shape index (κ2) is 7.82. The molecule has 0 aliphatic rings. The van der Waals surface area contributed by atoms with Crippen LogP contribution in [0.5, 0.6) is 0 Å². The Kier molecular flexibility index (Phi) is 6.41. The van der Waals surface area contributed by atoms with Crippen molar-refractivity contribution in [2.24, 2.45) is 0 Å². The number of carbonyl (C=O) groups excluding carboxylic acids is 1. The number of hydrogen-bond acceptors (Lipinski definition) is 3. The van der Waals surface area contributed by atoms with Crippen molar-refractivity contribution in [1.29, 1.82) is 0 Å². The molecular weight excluding hydrogens is 266 g/mol. The molecule has 0 aliphatic carbocycles. The zero-order valence-corrected chi connectivity index (χ0v) is 13.1. The fraction of sp³-hybridized carbons (Fsp3) is 0.471. The summed E-state index contributed by atoms with van der Waals surface area (Å²) in [6.45, 7) is 5.46. The summed E-state index contributed by atoms with van der Waals surface area (Å²) < 4.78 is 5.16. The van der Waals surface area contributed by atoms with Gasteiger partial charge in [-0.25, -0.2) is 0 Å². The molecule has 2 N–H and O–H groups in total. The average Bonchev–Trinajstić information content (AvgIpc) is 2.48. The summed E-state index contributed by atoms with van der Waals surface area (Å²) in [6.07, 6.45) is 0.473. The van der Waals surface area contributed by atoms with Gasteiger partial charge in [0.05, 0.1) is 12.6 Å². The van der Waals surface area contributed by atoms with E-state index < -0.39 is 5.60 Å². The van der Waals surface area contributed by atoms with Crippen molar-refractivity contribution in [2.75, 3.05) is 13.7 Å². The lowest BCUT2D eigenvalue weighted by Crippen LogP contribution is -2.44. The molecule has 1 aromatic rings. The average molecular weight is 289 g/mol. The molecule has 0 aliphatic heterocycles. The van der Waals surface area contributed by atoms with Crippen LogP contribution in [0.4, 0.5) is 0 Å². The number of hydrogen-bond donors (Lipinski definition) is 2. The Hall–Kier alpha value is -1.83. The molecule has 0 spiro atoms. The molecular formula is C17H23NO3. The van der Waals surface area contributed by atoms with Gasteiger partial charge in [-0.2, -0.15) is 0 Å². The van der Waals surface area contributed by atoms with E-state index in [2.05, 4.69) is 17.2 Å². The lowest BCUT2D eigenvalue weighted by molar-refractivity contribution is -0.140. The number of aliphatic hydroxyl groups is 1. The number of carbonyl (C=O) groups is 1. The maximum Gasteiger partial charge on any atom is 0.252 e. The van der Waals surface area contributed by atoms with Crippen molar-refractivity contribution in [2.45, 2.75) is 38.8 Å². The van der Waals surface area contributed by atoms with E-state index in [4.69, 9.17) is 9.84 Å². The summed E-state index contributed by atoms with van der Waals surface area (Å²) >= 11 is 0. The Morgan fingerprint density at radius 2 is 2.00 bits per heavy atom. The number of aliphatic hydroxyl groups excluding tert-OH is 1. The van der Waals surface area contributed by atoms with Crippen LogP contribution in [0.1, 0.15) is 44.4 Å². The second-order valence-electron chi connectivity index (χ2n) is 5.31. The summed E-state index contributed by atoms with van der Waals surface area (Å²) in [4.78, 5) is 12.0. The van der Waals surface area contributed by atoms with Crippen molar-refractivity contribution in [1.82, 2.24) is 5.32 Å². The Morgan fingerprint density at radius 3 is 2.52 bits per heavy atom. The first-order chi connectivity index (χ1) is 9.90. The minimum atomic E-state index is -0.843. The molecule has 0 radical (unpaired) electrons. The maximum absolute atomic E-state index is 12.0. The summed E-state index contributed by atoms with van der Waals surface area (Å²) in [5.74, 6) is 5.69. The SMILES string of the molecule is COC(C)(C)C(=O)NC(C)c1ccc(C#CCCO)cc1. The zero-order chi connectivity index (χ0) is 15.9. The van der Waals surface area contributed by atoms with E-state index in [1.807, 2.05) is 31.2 Å². The molecule has 0 heterocycles. The molecule has 4 heteroatoms. The van der Waals surface area contributed by atoms with Gasteiger partial charge in [-0.1, -0.05) is 24.0 Å². The molecule has 0 fully saturated rings. The van der Waals surface area contributed by atoms with Crippen molar-refractivity contribution < 1.29 is 14.6 Å². The lowest BCUT2D eigenvalue weighted by Gasteiger charge is -2.24. The van der Waals surface area contributed by atoms with Gasteiger partial charge in [0.1, 0.15) is 5.60 Å². The molecule has 114 valence electrons. The fourth-order valence-electron chi connectivity index (χ4n) is 1.62. The van der Waals surface area contributed by atoms with Crippen LogP contribution in [0.3, 0.4) is 0 Å². The first-order valence-electron chi connectivity index (χ1n) is 6.96. The number of amides is 1. The number of benzene rings is 1. The third-order valence-corrected chi connectivity index (χ3v) is 3.28. The van der Waals surface area contributed by atoms with E-state index in [1.54, 1.807) is 13.8 Å². The molecule has 21 heavy (non-hydrogen) atoms. The molecule has 4 nitrogen and oxygen atoms in total. The fourth-order valence-corrected chi connectivity index (χ4v) is 1.62. The number of nitrogens with one attached hydrogen (secondary N) is 1. The first kappa shape index (κ1) is 17.2. The van der Waals surface area contributed by atoms with Crippen molar-refractivity contribution in [3.63, 3.8) is 0 Å². The van der Waals surface area contributed by atoms with Gasteiger partial charge in [0.25, 0.3) is 5.91 Å². The third kappa shape index (κ3) is 5.22. The highest BCUT2D eigenvalue weighted by molar-refractivity contribution is 5.84. The van der Waals surface area contributed by atoms with Crippen molar-refractivity contribution >= 4 is 5.91 Å². The van der Waals surface area contributed by atoms with Gasteiger partial charge < -0.3 is 15.2 Å². The van der Waals surface area contributed by atoms with Gasteiger partial charge in [0, 0.05) is 19.1 Å². The Bertz CT molecular complexity index is 523. The highest BCUT2D eigenvalue weighted by Gasteiger charge is 2.28. The Morgan fingerprint density at radius 1 is 1.38 bits per heavy atom. The maximum atomic E-state index is 12.0. The normalized spacial score (nSPS) is 12.2. The number of methoxy groups -OCH3 is 1. The smallest absolute Gasteiger partial charge is 0.252 e.